The van der Waals surface area contributed by atoms with Gasteiger partial charge in [-0.3, -0.25) is 9.00 Å². The molecule has 0 radical (unpaired) electrons. The molecule has 1 amide bonds. The second-order valence-corrected chi connectivity index (χ2v) is 5.67. The summed E-state index contributed by atoms with van der Waals surface area (Å²) in [7, 11) is -0.611. The lowest BCUT2D eigenvalue weighted by atomic mass is 9.94. The third kappa shape index (κ3) is 5.00. The van der Waals surface area contributed by atoms with Gasteiger partial charge in [0, 0.05) is 28.9 Å². The van der Waals surface area contributed by atoms with Crippen molar-refractivity contribution in [1.29, 1.82) is 0 Å². The molecule has 18 heavy (non-hydrogen) atoms. The molecule has 0 aliphatic carbocycles. The molecular formula is C14H23NO2S. The van der Waals surface area contributed by atoms with Gasteiger partial charge in [-0.1, -0.05) is 19.9 Å². The zero-order valence-electron chi connectivity index (χ0n) is 11.9. The third-order valence-electron chi connectivity index (χ3n) is 2.71. The van der Waals surface area contributed by atoms with Crippen LogP contribution in [-0.2, 0) is 23.6 Å². The van der Waals surface area contributed by atoms with E-state index >= 15 is 0 Å². The first-order valence-electron chi connectivity index (χ1n) is 6.01. The molecule has 0 fully saturated rings. The standard InChI is InChI=1S/C12H17NO.C2H6OS/c1-4-9-6-7-11(12(13)14)10(5-2)8(9)3;1-4(2)3/h6-7H,4-5H2,1-3H3,(H2,13,14);1-2H3. The van der Waals surface area contributed by atoms with Crippen molar-refractivity contribution in [3.8, 4) is 0 Å². The Labute approximate surface area is 112 Å². The first-order chi connectivity index (χ1) is 8.34. The Balaban J connectivity index is 0.000000631. The number of aryl methyl sites for hydroxylation is 1. The van der Waals surface area contributed by atoms with Crippen LogP contribution in [0.5, 0.6) is 0 Å². The second-order valence-electron chi connectivity index (χ2n) is 4.19. The summed E-state index contributed by atoms with van der Waals surface area (Å²) in [5.74, 6) is -0.326. The minimum Gasteiger partial charge on any atom is -0.366 e. The molecule has 4 heteroatoms. The van der Waals surface area contributed by atoms with Gasteiger partial charge >= 0.3 is 0 Å². The molecule has 1 aromatic carbocycles. The fraction of sp³-hybridized carbons (Fsp3) is 0.500. The molecule has 0 unspecified atom stereocenters. The highest BCUT2D eigenvalue weighted by atomic mass is 32.2. The van der Waals surface area contributed by atoms with E-state index in [0.717, 1.165) is 18.4 Å². The van der Waals surface area contributed by atoms with E-state index in [1.54, 1.807) is 12.5 Å². The number of benzene rings is 1. The molecule has 0 aromatic heterocycles. The van der Waals surface area contributed by atoms with E-state index in [4.69, 9.17) is 5.73 Å². The minimum atomic E-state index is -0.611. The number of rotatable bonds is 3. The number of hydrogen-bond donors (Lipinski definition) is 1. The van der Waals surface area contributed by atoms with Crippen molar-refractivity contribution in [2.75, 3.05) is 12.5 Å². The van der Waals surface area contributed by atoms with Gasteiger partial charge in [0.1, 0.15) is 0 Å². The summed E-state index contributed by atoms with van der Waals surface area (Å²) >= 11 is 0. The molecule has 1 aromatic rings. The van der Waals surface area contributed by atoms with Crippen LogP contribution < -0.4 is 5.73 Å². The number of amides is 1. The van der Waals surface area contributed by atoms with Gasteiger partial charge in [-0.15, -0.1) is 0 Å². The van der Waals surface area contributed by atoms with Crippen LogP contribution in [0.4, 0.5) is 0 Å². The fourth-order valence-corrected chi connectivity index (χ4v) is 1.87. The Morgan fingerprint density at radius 2 is 1.72 bits per heavy atom. The molecule has 2 N–H and O–H groups in total. The number of hydrogen-bond acceptors (Lipinski definition) is 2. The molecule has 0 aliphatic rings. The summed E-state index contributed by atoms with van der Waals surface area (Å²) in [6.45, 7) is 6.23. The van der Waals surface area contributed by atoms with E-state index in [9.17, 15) is 9.00 Å². The molecule has 0 heterocycles. The maximum absolute atomic E-state index is 11.2. The Bertz CT molecular complexity index is 438. The summed E-state index contributed by atoms with van der Waals surface area (Å²) < 4.78 is 9.56. The number of nitrogens with two attached hydrogens (primary N) is 1. The molecule has 0 saturated heterocycles. The maximum atomic E-state index is 11.2. The predicted octanol–water partition coefficient (Wildman–Crippen LogP) is 2.21. The normalized spacial score (nSPS) is 9.89. The first kappa shape index (κ1) is 16.8. The quantitative estimate of drug-likeness (QED) is 0.914. The summed E-state index contributed by atoms with van der Waals surface area (Å²) in [5.41, 5.74) is 9.59. The van der Waals surface area contributed by atoms with E-state index in [1.807, 2.05) is 19.1 Å². The van der Waals surface area contributed by atoms with Crippen LogP contribution in [0.3, 0.4) is 0 Å². The van der Waals surface area contributed by atoms with Crippen molar-refractivity contribution in [2.24, 2.45) is 5.73 Å². The number of carbonyl (C=O) groups is 1. The van der Waals surface area contributed by atoms with Gasteiger partial charge in [-0.25, -0.2) is 0 Å². The largest absolute Gasteiger partial charge is 0.366 e. The average molecular weight is 269 g/mol. The first-order valence-corrected chi connectivity index (χ1v) is 7.97. The second kappa shape index (κ2) is 8.03. The average Bonchev–Trinajstić information content (AvgIpc) is 2.27. The lowest BCUT2D eigenvalue weighted by molar-refractivity contribution is 0.0999. The lowest BCUT2D eigenvalue weighted by Gasteiger charge is -2.12. The summed E-state index contributed by atoms with van der Waals surface area (Å²) in [6, 6.07) is 3.83. The molecular weight excluding hydrogens is 246 g/mol. The topological polar surface area (TPSA) is 60.2 Å². The summed E-state index contributed by atoms with van der Waals surface area (Å²) in [6.07, 6.45) is 5.13. The molecule has 0 aliphatic heterocycles. The van der Waals surface area contributed by atoms with Crippen LogP contribution in [0.2, 0.25) is 0 Å². The smallest absolute Gasteiger partial charge is 0.248 e. The van der Waals surface area contributed by atoms with Crippen LogP contribution >= 0.6 is 0 Å². The van der Waals surface area contributed by atoms with Gasteiger partial charge < -0.3 is 5.73 Å². The van der Waals surface area contributed by atoms with Crippen molar-refractivity contribution in [2.45, 2.75) is 33.6 Å². The Hall–Kier alpha value is -1.16. The van der Waals surface area contributed by atoms with Crippen molar-refractivity contribution in [3.05, 3.63) is 34.4 Å². The summed E-state index contributed by atoms with van der Waals surface area (Å²) in [4.78, 5) is 11.2. The maximum Gasteiger partial charge on any atom is 0.248 e. The van der Waals surface area contributed by atoms with E-state index in [2.05, 4.69) is 13.8 Å². The van der Waals surface area contributed by atoms with Gasteiger partial charge in [0.25, 0.3) is 0 Å². The highest BCUT2D eigenvalue weighted by Gasteiger charge is 2.10. The Kier molecular flexibility index (Phi) is 7.51. The van der Waals surface area contributed by atoms with Gasteiger partial charge in [-0.05, 0) is 42.5 Å². The highest BCUT2D eigenvalue weighted by molar-refractivity contribution is 7.83. The molecule has 0 spiro atoms. The van der Waals surface area contributed by atoms with Gasteiger partial charge in [0.2, 0.25) is 5.91 Å². The molecule has 0 saturated carbocycles. The Morgan fingerprint density at radius 3 is 2.06 bits per heavy atom. The van der Waals surface area contributed by atoms with Crippen LogP contribution in [0.15, 0.2) is 12.1 Å². The van der Waals surface area contributed by atoms with E-state index < -0.39 is 10.8 Å². The lowest BCUT2D eigenvalue weighted by Crippen LogP contribution is -2.15. The zero-order chi connectivity index (χ0) is 14.3. The van der Waals surface area contributed by atoms with Crippen molar-refractivity contribution in [1.82, 2.24) is 0 Å². The summed E-state index contributed by atoms with van der Waals surface area (Å²) in [5, 5.41) is 0. The van der Waals surface area contributed by atoms with Gasteiger partial charge in [-0.2, -0.15) is 0 Å². The van der Waals surface area contributed by atoms with Crippen LogP contribution in [0, 0.1) is 6.92 Å². The minimum absolute atomic E-state index is 0.326. The third-order valence-corrected chi connectivity index (χ3v) is 2.71. The fourth-order valence-electron chi connectivity index (χ4n) is 1.87. The van der Waals surface area contributed by atoms with Crippen LogP contribution in [0.25, 0.3) is 0 Å². The van der Waals surface area contributed by atoms with Crippen molar-refractivity contribution < 1.29 is 9.00 Å². The van der Waals surface area contributed by atoms with Crippen molar-refractivity contribution in [3.63, 3.8) is 0 Å². The van der Waals surface area contributed by atoms with E-state index in [1.165, 1.54) is 11.1 Å². The Morgan fingerprint density at radius 1 is 1.22 bits per heavy atom. The molecule has 1 rings (SSSR count). The van der Waals surface area contributed by atoms with Gasteiger partial charge in [0.15, 0.2) is 0 Å². The molecule has 0 atom stereocenters. The SMILES string of the molecule is CCc1ccc(C(N)=O)c(CC)c1C.CS(C)=O. The highest BCUT2D eigenvalue weighted by Crippen LogP contribution is 2.19. The van der Waals surface area contributed by atoms with Crippen molar-refractivity contribution >= 4 is 16.7 Å². The number of carbonyl (C=O) groups excluding carboxylic acids is 1. The van der Waals surface area contributed by atoms with E-state index in [0.29, 0.717) is 5.56 Å². The van der Waals surface area contributed by atoms with Gasteiger partial charge in [0.05, 0.1) is 0 Å². The zero-order valence-corrected chi connectivity index (χ0v) is 12.7. The molecule has 0 bridgehead atoms. The van der Waals surface area contributed by atoms with E-state index in [-0.39, 0.29) is 5.91 Å². The molecule has 102 valence electrons. The van der Waals surface area contributed by atoms with Crippen LogP contribution in [-0.4, -0.2) is 22.6 Å². The number of primary amides is 1. The predicted molar refractivity (Wildman–Crippen MR) is 78.4 cm³/mol. The molecule has 3 nitrogen and oxygen atoms in total. The van der Waals surface area contributed by atoms with Crippen LogP contribution in [0.1, 0.15) is 40.9 Å². The monoisotopic (exact) mass is 269 g/mol.